The van der Waals surface area contributed by atoms with Crippen molar-refractivity contribution in [1.82, 2.24) is 0 Å². The van der Waals surface area contributed by atoms with Crippen LogP contribution in [0.3, 0.4) is 0 Å². The minimum absolute atomic E-state index is 0.168. The average Bonchev–Trinajstić information content (AvgIpc) is 2.71. The van der Waals surface area contributed by atoms with E-state index in [0.717, 1.165) is 57.8 Å². The van der Waals surface area contributed by atoms with Gasteiger partial charge in [0, 0.05) is 6.54 Å². The maximum absolute atomic E-state index is 10.4. The quantitative estimate of drug-likeness (QED) is 0.124. The zero-order chi connectivity index (χ0) is 23.1. The number of rotatable bonds is 20. The smallest absolute Gasteiger partial charge is 0.389 e. The van der Waals surface area contributed by atoms with Crippen LogP contribution in [0.2, 0.25) is 0 Å². The summed E-state index contributed by atoms with van der Waals surface area (Å²) < 4.78 is 14.8. The molecule has 0 unspecified atom stereocenters. The number of nitrogens with two attached hydrogens (primary N) is 1. The summed E-state index contributed by atoms with van der Waals surface area (Å²) in [6, 6.07) is 0. The van der Waals surface area contributed by atoms with Crippen molar-refractivity contribution >= 4 is 7.82 Å². The maximum Gasteiger partial charge on any atom is 0.469 e. The summed E-state index contributed by atoms with van der Waals surface area (Å²) in [6.45, 7) is 7.08. The molecule has 0 bridgehead atoms. The molecule has 184 valence electrons. The third-order valence-electron chi connectivity index (χ3n) is 5.38. The second-order valence-corrected chi connectivity index (χ2v) is 9.73. The van der Waals surface area contributed by atoms with Gasteiger partial charge in [0.2, 0.25) is 0 Å². The molecule has 6 nitrogen and oxygen atoms in total. The van der Waals surface area contributed by atoms with E-state index < -0.39 is 13.4 Å². The Kier molecular flexibility index (Phi) is 23.9. The van der Waals surface area contributed by atoms with E-state index in [1.807, 2.05) is 0 Å². The van der Waals surface area contributed by atoms with Crippen LogP contribution in [0.5, 0.6) is 0 Å². The number of phosphoric ester groups is 1. The predicted molar refractivity (Wildman–Crippen MR) is 128 cm³/mol. The molecule has 0 atom stereocenters. The fraction of sp³-hybridized carbons (Fsp3) is 1.00. The first-order chi connectivity index (χ1) is 14.2. The summed E-state index contributed by atoms with van der Waals surface area (Å²) in [7, 11) is -4.25. The first kappa shape index (κ1) is 32.2. The Labute approximate surface area is 186 Å². The third-order valence-corrected chi connectivity index (χ3v) is 5.90. The molecular formula is C23H52NO5P. The van der Waals surface area contributed by atoms with E-state index in [0.29, 0.717) is 6.54 Å². The van der Waals surface area contributed by atoms with Crippen LogP contribution < -0.4 is 5.73 Å². The van der Waals surface area contributed by atoms with E-state index in [4.69, 9.17) is 15.5 Å². The Balaban J connectivity index is 0. The Morgan fingerprint density at radius 2 is 1.07 bits per heavy atom. The molecule has 7 heteroatoms. The molecule has 0 rings (SSSR count). The van der Waals surface area contributed by atoms with Gasteiger partial charge in [-0.15, -0.1) is 0 Å². The van der Waals surface area contributed by atoms with E-state index >= 15 is 0 Å². The van der Waals surface area contributed by atoms with E-state index in [-0.39, 0.29) is 6.61 Å². The second kappa shape index (κ2) is 22.2. The second-order valence-electron chi connectivity index (χ2n) is 8.49. The van der Waals surface area contributed by atoms with E-state index in [1.165, 1.54) is 51.4 Å². The SMILES string of the molecule is CCCCC(O)(CN)CCCC.CCCCCCCCCCCCCOP(=O)(O)O. The van der Waals surface area contributed by atoms with Gasteiger partial charge in [0.25, 0.3) is 0 Å². The van der Waals surface area contributed by atoms with Gasteiger partial charge in [0.05, 0.1) is 12.2 Å². The molecule has 0 aromatic heterocycles. The van der Waals surface area contributed by atoms with Crippen LogP contribution in [0.25, 0.3) is 0 Å². The van der Waals surface area contributed by atoms with Crippen LogP contribution >= 0.6 is 7.82 Å². The molecule has 30 heavy (non-hydrogen) atoms. The van der Waals surface area contributed by atoms with Gasteiger partial charge >= 0.3 is 7.82 Å². The number of hydrogen-bond acceptors (Lipinski definition) is 4. The van der Waals surface area contributed by atoms with Crippen LogP contribution in [-0.2, 0) is 9.09 Å². The van der Waals surface area contributed by atoms with Crippen LogP contribution in [0, 0.1) is 0 Å². The molecule has 0 heterocycles. The zero-order valence-corrected chi connectivity index (χ0v) is 21.0. The van der Waals surface area contributed by atoms with Crippen molar-refractivity contribution in [3.8, 4) is 0 Å². The zero-order valence-electron chi connectivity index (χ0n) is 20.1. The van der Waals surface area contributed by atoms with Gasteiger partial charge in [-0.2, -0.15) is 0 Å². The summed E-state index contributed by atoms with van der Waals surface area (Å²) in [4.78, 5) is 16.9. The largest absolute Gasteiger partial charge is 0.469 e. The van der Waals surface area contributed by atoms with Crippen molar-refractivity contribution in [3.63, 3.8) is 0 Å². The van der Waals surface area contributed by atoms with Crippen molar-refractivity contribution in [3.05, 3.63) is 0 Å². The molecule has 0 aromatic carbocycles. The molecule has 0 saturated heterocycles. The Hall–Kier alpha value is 0.0300. The van der Waals surface area contributed by atoms with Gasteiger partial charge in [0.15, 0.2) is 0 Å². The average molecular weight is 454 g/mol. The first-order valence-electron chi connectivity index (χ1n) is 12.4. The summed E-state index contributed by atoms with van der Waals surface area (Å²) >= 11 is 0. The Bertz CT molecular complexity index is 382. The highest BCUT2D eigenvalue weighted by atomic mass is 31.2. The minimum Gasteiger partial charge on any atom is -0.389 e. The van der Waals surface area contributed by atoms with Gasteiger partial charge in [-0.05, 0) is 19.3 Å². The lowest BCUT2D eigenvalue weighted by atomic mass is 9.91. The number of unbranched alkanes of at least 4 members (excludes halogenated alkanes) is 12. The van der Waals surface area contributed by atoms with Gasteiger partial charge < -0.3 is 20.6 Å². The fourth-order valence-electron chi connectivity index (χ4n) is 3.29. The van der Waals surface area contributed by atoms with Crippen LogP contribution in [-0.4, -0.2) is 33.6 Å². The van der Waals surface area contributed by atoms with Crippen LogP contribution in [0.4, 0.5) is 0 Å². The monoisotopic (exact) mass is 453 g/mol. The molecule has 0 amide bonds. The molecular weight excluding hydrogens is 401 g/mol. The lowest BCUT2D eigenvalue weighted by Gasteiger charge is -2.26. The van der Waals surface area contributed by atoms with E-state index in [2.05, 4.69) is 25.3 Å². The molecule has 0 spiro atoms. The van der Waals surface area contributed by atoms with Gasteiger partial charge in [-0.3, -0.25) is 4.52 Å². The summed E-state index contributed by atoms with van der Waals surface area (Å²) in [5, 5.41) is 9.96. The summed E-state index contributed by atoms with van der Waals surface area (Å²) in [5.41, 5.74) is 4.96. The molecule has 0 aliphatic carbocycles. The van der Waals surface area contributed by atoms with Gasteiger partial charge in [0.1, 0.15) is 0 Å². The van der Waals surface area contributed by atoms with E-state index in [1.54, 1.807) is 0 Å². The molecule has 0 radical (unpaired) electrons. The number of aliphatic hydroxyl groups is 1. The highest BCUT2D eigenvalue weighted by Gasteiger charge is 2.22. The number of hydrogen-bond donors (Lipinski definition) is 4. The van der Waals surface area contributed by atoms with Crippen molar-refractivity contribution in [2.45, 2.75) is 136 Å². The highest BCUT2D eigenvalue weighted by Crippen LogP contribution is 2.35. The Morgan fingerprint density at radius 3 is 1.40 bits per heavy atom. The van der Waals surface area contributed by atoms with Gasteiger partial charge in [-0.1, -0.05) is 111 Å². The van der Waals surface area contributed by atoms with Crippen LogP contribution in [0.1, 0.15) is 130 Å². The van der Waals surface area contributed by atoms with Crippen molar-refractivity contribution in [1.29, 1.82) is 0 Å². The van der Waals surface area contributed by atoms with Crippen molar-refractivity contribution in [2.75, 3.05) is 13.2 Å². The molecule has 0 aliphatic rings. The first-order valence-corrected chi connectivity index (χ1v) is 13.9. The maximum atomic E-state index is 10.4. The lowest BCUT2D eigenvalue weighted by molar-refractivity contribution is 0.0273. The topological polar surface area (TPSA) is 113 Å². The molecule has 0 saturated carbocycles. The fourth-order valence-corrected chi connectivity index (χ4v) is 3.66. The molecule has 0 aromatic rings. The third kappa shape index (κ3) is 26.1. The van der Waals surface area contributed by atoms with Gasteiger partial charge in [-0.25, -0.2) is 4.57 Å². The molecule has 0 aliphatic heterocycles. The number of phosphoric acid groups is 1. The van der Waals surface area contributed by atoms with Crippen molar-refractivity contribution < 1.29 is 24.0 Å². The Morgan fingerprint density at radius 1 is 0.700 bits per heavy atom. The standard InChI is InChI=1S/C13H29O4P.C10H23NO/c1-2-3-4-5-6-7-8-9-10-11-12-13-17-18(14,15)16;1-3-5-7-10(12,9-11)8-6-4-2/h2-13H2,1H3,(H2,14,15,16);12H,3-9,11H2,1-2H3. The van der Waals surface area contributed by atoms with Crippen LogP contribution in [0.15, 0.2) is 0 Å². The van der Waals surface area contributed by atoms with E-state index in [9.17, 15) is 9.67 Å². The summed E-state index contributed by atoms with van der Waals surface area (Å²) in [6.07, 6.45) is 19.6. The predicted octanol–water partition coefficient (Wildman–Crippen LogP) is 6.46. The lowest BCUT2D eigenvalue weighted by Crippen LogP contribution is -2.37. The molecule has 5 N–H and O–H groups in total. The molecule has 0 fully saturated rings. The van der Waals surface area contributed by atoms with Crippen molar-refractivity contribution in [2.24, 2.45) is 5.73 Å². The minimum atomic E-state index is -4.25. The summed E-state index contributed by atoms with van der Waals surface area (Å²) in [5.74, 6) is 0. The highest BCUT2D eigenvalue weighted by molar-refractivity contribution is 7.46. The normalized spacial score (nSPS) is 12.0.